The highest BCUT2D eigenvalue weighted by atomic mass is 79.9. The fourth-order valence-electron chi connectivity index (χ4n) is 2.10. The number of hydrogen-bond donors (Lipinski definition) is 1. The topological polar surface area (TPSA) is 42.7 Å². The van der Waals surface area contributed by atoms with Gasteiger partial charge in [0.25, 0.3) is 0 Å². The Labute approximate surface area is 128 Å². The zero-order chi connectivity index (χ0) is 14.9. The van der Waals surface area contributed by atoms with Crippen molar-refractivity contribution in [2.75, 3.05) is 0 Å². The Hall–Kier alpha value is -1.20. The standard InChI is InChI=1S/C15H21BrN4/c1-9(2)17-7-13-6-10(3)15(18-8-13)20-12(5)14(16)11(4)19-20/h6,8-9,17H,7H2,1-5H3. The van der Waals surface area contributed by atoms with Crippen LogP contribution in [0.2, 0.25) is 0 Å². The summed E-state index contributed by atoms with van der Waals surface area (Å²) in [6.07, 6.45) is 1.92. The summed E-state index contributed by atoms with van der Waals surface area (Å²) in [5.74, 6) is 0.893. The van der Waals surface area contributed by atoms with Gasteiger partial charge in [0, 0.05) is 18.8 Å². The van der Waals surface area contributed by atoms with E-state index in [1.54, 1.807) is 0 Å². The summed E-state index contributed by atoms with van der Waals surface area (Å²) in [6.45, 7) is 11.2. The Morgan fingerprint density at radius 3 is 2.50 bits per heavy atom. The van der Waals surface area contributed by atoms with Crippen LogP contribution < -0.4 is 5.32 Å². The Bertz CT molecular complexity index is 617. The van der Waals surface area contributed by atoms with E-state index in [0.29, 0.717) is 6.04 Å². The van der Waals surface area contributed by atoms with Crippen molar-refractivity contribution in [2.24, 2.45) is 0 Å². The maximum absolute atomic E-state index is 4.58. The smallest absolute Gasteiger partial charge is 0.156 e. The van der Waals surface area contributed by atoms with E-state index in [2.05, 4.69) is 58.2 Å². The molecule has 5 heteroatoms. The second kappa shape index (κ2) is 6.06. The van der Waals surface area contributed by atoms with Crippen LogP contribution in [0.25, 0.3) is 5.82 Å². The Kier molecular flexibility index (Phi) is 4.60. The summed E-state index contributed by atoms with van der Waals surface area (Å²) in [4.78, 5) is 4.58. The molecule has 2 aromatic heterocycles. The molecule has 2 rings (SSSR count). The Morgan fingerprint density at radius 1 is 1.30 bits per heavy atom. The van der Waals surface area contributed by atoms with Crippen LogP contribution in [-0.4, -0.2) is 20.8 Å². The van der Waals surface area contributed by atoms with Gasteiger partial charge in [-0.25, -0.2) is 9.67 Å². The molecule has 0 radical (unpaired) electrons. The summed E-state index contributed by atoms with van der Waals surface area (Å²) in [7, 11) is 0. The highest BCUT2D eigenvalue weighted by Gasteiger charge is 2.13. The van der Waals surface area contributed by atoms with Crippen LogP contribution in [0.3, 0.4) is 0 Å². The molecule has 0 aromatic carbocycles. The third-order valence-corrected chi connectivity index (χ3v) is 4.37. The van der Waals surface area contributed by atoms with Crippen LogP contribution in [0.15, 0.2) is 16.7 Å². The van der Waals surface area contributed by atoms with Gasteiger partial charge in [0.2, 0.25) is 0 Å². The molecule has 4 nitrogen and oxygen atoms in total. The number of aryl methyl sites for hydroxylation is 2. The Morgan fingerprint density at radius 2 is 2.00 bits per heavy atom. The fourth-order valence-corrected chi connectivity index (χ4v) is 2.34. The first-order valence-corrected chi connectivity index (χ1v) is 7.60. The minimum Gasteiger partial charge on any atom is -0.310 e. The van der Waals surface area contributed by atoms with Crippen LogP contribution in [0.4, 0.5) is 0 Å². The molecule has 108 valence electrons. The van der Waals surface area contributed by atoms with Crippen molar-refractivity contribution in [3.63, 3.8) is 0 Å². The molecule has 0 aliphatic heterocycles. The second-order valence-electron chi connectivity index (χ2n) is 5.42. The SMILES string of the molecule is Cc1cc(CNC(C)C)cnc1-n1nc(C)c(Br)c1C. The first-order chi connectivity index (χ1) is 9.40. The molecule has 20 heavy (non-hydrogen) atoms. The molecule has 0 saturated carbocycles. The first kappa shape index (κ1) is 15.2. The Balaban J connectivity index is 2.32. The molecule has 0 atom stereocenters. The van der Waals surface area contributed by atoms with Crippen LogP contribution in [-0.2, 0) is 6.54 Å². The molecule has 0 bridgehead atoms. The minimum absolute atomic E-state index is 0.474. The van der Waals surface area contributed by atoms with E-state index in [-0.39, 0.29) is 0 Å². The fraction of sp³-hybridized carbons (Fsp3) is 0.467. The maximum atomic E-state index is 4.58. The lowest BCUT2D eigenvalue weighted by atomic mass is 10.2. The van der Waals surface area contributed by atoms with E-state index in [1.807, 2.05) is 24.7 Å². The van der Waals surface area contributed by atoms with E-state index < -0.39 is 0 Å². The first-order valence-electron chi connectivity index (χ1n) is 6.81. The van der Waals surface area contributed by atoms with E-state index in [1.165, 1.54) is 5.56 Å². The number of halogens is 1. The lowest BCUT2D eigenvalue weighted by Crippen LogP contribution is -2.22. The summed E-state index contributed by atoms with van der Waals surface area (Å²) in [5, 5.41) is 7.94. The average Bonchev–Trinajstić information content (AvgIpc) is 2.64. The molecular weight excluding hydrogens is 316 g/mol. The minimum atomic E-state index is 0.474. The van der Waals surface area contributed by atoms with Gasteiger partial charge in [-0.1, -0.05) is 13.8 Å². The zero-order valence-electron chi connectivity index (χ0n) is 12.7. The molecule has 0 fully saturated rings. The van der Waals surface area contributed by atoms with Crippen LogP contribution in [0.1, 0.15) is 36.4 Å². The van der Waals surface area contributed by atoms with Gasteiger partial charge in [0.05, 0.1) is 15.9 Å². The molecule has 0 spiro atoms. The van der Waals surface area contributed by atoms with Gasteiger partial charge in [-0.15, -0.1) is 0 Å². The molecule has 2 heterocycles. The lowest BCUT2D eigenvalue weighted by molar-refractivity contribution is 0.587. The largest absolute Gasteiger partial charge is 0.310 e. The highest BCUT2D eigenvalue weighted by molar-refractivity contribution is 9.10. The monoisotopic (exact) mass is 336 g/mol. The van der Waals surface area contributed by atoms with E-state index >= 15 is 0 Å². The van der Waals surface area contributed by atoms with Crippen molar-refractivity contribution in [1.82, 2.24) is 20.1 Å². The highest BCUT2D eigenvalue weighted by Crippen LogP contribution is 2.23. The van der Waals surface area contributed by atoms with Gasteiger partial charge in [-0.3, -0.25) is 0 Å². The summed E-state index contributed by atoms with van der Waals surface area (Å²) in [5.41, 5.74) is 4.38. The zero-order valence-corrected chi connectivity index (χ0v) is 14.2. The average molecular weight is 337 g/mol. The van der Waals surface area contributed by atoms with Gasteiger partial charge in [-0.2, -0.15) is 5.10 Å². The molecule has 0 unspecified atom stereocenters. The molecule has 0 amide bonds. The van der Waals surface area contributed by atoms with E-state index in [0.717, 1.165) is 33.8 Å². The molecule has 0 aliphatic rings. The summed E-state index contributed by atoms with van der Waals surface area (Å²) in [6, 6.07) is 2.64. The molecule has 2 aromatic rings. The van der Waals surface area contributed by atoms with Crippen molar-refractivity contribution in [3.05, 3.63) is 39.3 Å². The number of pyridine rings is 1. The van der Waals surface area contributed by atoms with Gasteiger partial charge in [-0.05, 0) is 53.9 Å². The van der Waals surface area contributed by atoms with Crippen LogP contribution >= 0.6 is 15.9 Å². The van der Waals surface area contributed by atoms with Crippen molar-refractivity contribution in [3.8, 4) is 5.82 Å². The van der Waals surface area contributed by atoms with Crippen molar-refractivity contribution >= 4 is 15.9 Å². The van der Waals surface area contributed by atoms with Crippen LogP contribution in [0, 0.1) is 20.8 Å². The summed E-state index contributed by atoms with van der Waals surface area (Å²) >= 11 is 3.56. The third-order valence-electron chi connectivity index (χ3n) is 3.23. The van der Waals surface area contributed by atoms with E-state index in [4.69, 9.17) is 0 Å². The second-order valence-corrected chi connectivity index (χ2v) is 6.21. The van der Waals surface area contributed by atoms with Crippen LogP contribution in [0.5, 0.6) is 0 Å². The predicted molar refractivity (Wildman–Crippen MR) is 85.2 cm³/mol. The van der Waals surface area contributed by atoms with Crippen molar-refractivity contribution in [2.45, 2.75) is 47.2 Å². The molecule has 1 N–H and O–H groups in total. The quantitative estimate of drug-likeness (QED) is 0.929. The normalized spacial score (nSPS) is 11.3. The maximum Gasteiger partial charge on any atom is 0.156 e. The number of nitrogens with one attached hydrogen (secondary N) is 1. The van der Waals surface area contributed by atoms with Gasteiger partial charge >= 0.3 is 0 Å². The van der Waals surface area contributed by atoms with Crippen molar-refractivity contribution < 1.29 is 0 Å². The lowest BCUT2D eigenvalue weighted by Gasteiger charge is -2.11. The molecular formula is C15H21BrN4. The van der Waals surface area contributed by atoms with Crippen molar-refractivity contribution in [1.29, 1.82) is 0 Å². The number of aromatic nitrogens is 3. The number of rotatable bonds is 4. The van der Waals surface area contributed by atoms with E-state index in [9.17, 15) is 0 Å². The number of hydrogen-bond acceptors (Lipinski definition) is 3. The van der Waals surface area contributed by atoms with Gasteiger partial charge < -0.3 is 5.32 Å². The van der Waals surface area contributed by atoms with Gasteiger partial charge in [0.1, 0.15) is 0 Å². The number of nitrogens with zero attached hydrogens (tertiary/aromatic N) is 3. The molecule has 0 aliphatic carbocycles. The van der Waals surface area contributed by atoms with Gasteiger partial charge in [0.15, 0.2) is 5.82 Å². The summed E-state index contributed by atoms with van der Waals surface area (Å²) < 4.78 is 2.94. The predicted octanol–water partition coefficient (Wildman–Crippen LogP) is 3.45. The third kappa shape index (κ3) is 3.10. The molecule has 0 saturated heterocycles.